The van der Waals surface area contributed by atoms with Gasteiger partial charge >= 0.3 is 5.97 Å². The molecule has 0 aromatic heterocycles. The molecule has 0 saturated heterocycles. The van der Waals surface area contributed by atoms with Crippen molar-refractivity contribution in [2.24, 2.45) is 27.9 Å². The van der Waals surface area contributed by atoms with Gasteiger partial charge in [0.25, 0.3) is 0 Å². The number of nitrogens with one attached hydrogen (secondary N) is 3. The Morgan fingerprint density at radius 3 is 2.00 bits per heavy atom. The van der Waals surface area contributed by atoms with Gasteiger partial charge in [-0.3, -0.25) is 24.2 Å². The molecule has 0 aliphatic heterocycles. The van der Waals surface area contributed by atoms with Crippen LogP contribution in [0.15, 0.2) is 35.3 Å². The molecule has 1 aromatic rings. The molecule has 0 saturated carbocycles. The van der Waals surface area contributed by atoms with Crippen molar-refractivity contribution >= 4 is 47.3 Å². The van der Waals surface area contributed by atoms with Crippen LogP contribution in [0.3, 0.4) is 0 Å². The zero-order valence-corrected chi connectivity index (χ0v) is 22.6. The molecule has 0 heterocycles. The van der Waals surface area contributed by atoms with Crippen LogP contribution in [0.5, 0.6) is 0 Å². The fourth-order valence-corrected chi connectivity index (χ4v) is 3.93. The maximum atomic E-state index is 13.2. The summed E-state index contributed by atoms with van der Waals surface area (Å²) in [6, 6.07) is 4.42. The summed E-state index contributed by atoms with van der Waals surface area (Å²) in [4.78, 5) is 65.5. The maximum Gasteiger partial charge on any atom is 0.326 e. The van der Waals surface area contributed by atoms with E-state index in [1.54, 1.807) is 0 Å². The van der Waals surface area contributed by atoms with Gasteiger partial charge in [-0.2, -0.15) is 11.8 Å². The molecular formula is C24H38N8O6S. The Labute approximate surface area is 231 Å². The number of carbonyl (C=O) groups is 5. The highest BCUT2D eigenvalue weighted by atomic mass is 32.2. The number of hydrogen-bond acceptors (Lipinski definition) is 8. The van der Waals surface area contributed by atoms with Crippen LogP contribution in [0.2, 0.25) is 0 Å². The summed E-state index contributed by atoms with van der Waals surface area (Å²) >= 11 is 1.46. The molecular weight excluding hydrogens is 528 g/mol. The number of hydrogen-bond donors (Lipinski definition) is 8. The highest BCUT2D eigenvalue weighted by molar-refractivity contribution is 7.98. The summed E-state index contributed by atoms with van der Waals surface area (Å²) < 4.78 is 0. The van der Waals surface area contributed by atoms with Crippen molar-refractivity contribution in [1.82, 2.24) is 16.0 Å². The lowest BCUT2D eigenvalue weighted by Gasteiger charge is -2.25. The number of carboxylic acids is 1. The Hall–Kier alpha value is -3.85. The van der Waals surface area contributed by atoms with Crippen molar-refractivity contribution < 1.29 is 29.1 Å². The highest BCUT2D eigenvalue weighted by Gasteiger charge is 2.30. The lowest BCUT2D eigenvalue weighted by atomic mass is 10.0. The first-order valence-corrected chi connectivity index (χ1v) is 13.6. The second-order valence-electron chi connectivity index (χ2n) is 8.72. The fourth-order valence-electron chi connectivity index (χ4n) is 3.46. The second kappa shape index (κ2) is 17.6. The van der Waals surface area contributed by atoms with Gasteiger partial charge in [-0.25, -0.2) is 4.79 Å². The standard InChI is InChI=1S/C24H38N8O6S/c1-39-11-9-17(30-20(34)15(25)12-14-6-3-2-4-7-14)22(36)31-16(8-5-10-29-24(27)28)21(35)32-18(23(37)38)13-19(26)33/h2-4,6-7,15-18H,5,8-13,25H2,1H3,(H2,26,33)(H,30,34)(H,31,36)(H,32,35)(H,37,38)(H4,27,28,29). The molecule has 0 bridgehead atoms. The van der Waals surface area contributed by atoms with Crippen molar-refractivity contribution in [3.05, 3.63) is 35.9 Å². The van der Waals surface area contributed by atoms with Gasteiger partial charge in [0.1, 0.15) is 18.1 Å². The van der Waals surface area contributed by atoms with Crippen LogP contribution in [0, 0.1) is 0 Å². The first-order valence-electron chi connectivity index (χ1n) is 12.2. The van der Waals surface area contributed by atoms with Gasteiger partial charge < -0.3 is 44.0 Å². The molecule has 0 radical (unpaired) electrons. The third-order valence-corrected chi connectivity index (χ3v) is 6.12. The number of primary amides is 1. The number of nitrogens with zero attached hydrogens (tertiary/aromatic N) is 1. The molecule has 4 unspecified atom stereocenters. The molecule has 15 heteroatoms. The maximum absolute atomic E-state index is 13.2. The van der Waals surface area contributed by atoms with E-state index in [1.165, 1.54) is 11.8 Å². The quantitative estimate of drug-likeness (QED) is 0.0539. The van der Waals surface area contributed by atoms with Crippen molar-refractivity contribution in [1.29, 1.82) is 0 Å². The zero-order chi connectivity index (χ0) is 29.4. The van der Waals surface area contributed by atoms with Crippen LogP contribution in [0.4, 0.5) is 0 Å². The summed E-state index contributed by atoms with van der Waals surface area (Å²) in [5.41, 5.74) is 22.6. The van der Waals surface area contributed by atoms with Gasteiger partial charge in [-0.15, -0.1) is 0 Å². The Bertz CT molecular complexity index is 1010. The number of nitrogens with two attached hydrogens (primary N) is 4. The number of carbonyl (C=O) groups excluding carboxylic acids is 4. The van der Waals surface area contributed by atoms with Gasteiger partial charge in [0.05, 0.1) is 12.5 Å². The SMILES string of the molecule is CSCCC(NC(=O)C(N)Cc1ccccc1)C(=O)NC(CCCN=C(N)N)C(=O)NC(CC(N)=O)C(=O)O. The Balaban J connectivity index is 3.01. The number of benzene rings is 1. The molecule has 1 rings (SSSR count). The molecule has 12 N–H and O–H groups in total. The van der Waals surface area contributed by atoms with Crippen LogP contribution >= 0.6 is 11.8 Å². The van der Waals surface area contributed by atoms with E-state index in [1.807, 2.05) is 36.6 Å². The molecule has 4 amide bonds. The summed E-state index contributed by atoms with van der Waals surface area (Å²) in [7, 11) is 0. The third-order valence-electron chi connectivity index (χ3n) is 5.48. The smallest absolute Gasteiger partial charge is 0.326 e. The largest absolute Gasteiger partial charge is 0.480 e. The van der Waals surface area contributed by atoms with E-state index in [0.717, 1.165) is 5.56 Å². The molecule has 4 atom stereocenters. The predicted molar refractivity (Wildman–Crippen MR) is 148 cm³/mol. The Morgan fingerprint density at radius 2 is 1.46 bits per heavy atom. The van der Waals surface area contributed by atoms with Gasteiger partial charge in [-0.05, 0) is 43.3 Å². The summed E-state index contributed by atoms with van der Waals surface area (Å²) in [6.07, 6.45) is 2.00. The van der Waals surface area contributed by atoms with Crippen LogP contribution in [-0.4, -0.2) is 83.4 Å². The fraction of sp³-hybridized carbons (Fsp3) is 0.500. The first-order chi connectivity index (χ1) is 18.4. The van der Waals surface area contributed by atoms with Crippen LogP contribution < -0.4 is 38.9 Å². The van der Waals surface area contributed by atoms with Crippen LogP contribution in [0.1, 0.15) is 31.2 Å². The summed E-state index contributed by atoms with van der Waals surface area (Å²) in [6.45, 7) is 0.145. The minimum atomic E-state index is -1.59. The van der Waals surface area contributed by atoms with Crippen LogP contribution in [0.25, 0.3) is 0 Å². The Kier molecular flexibility index (Phi) is 15.0. The molecule has 0 aliphatic carbocycles. The topological polar surface area (TPSA) is 258 Å². The number of amides is 4. The average Bonchev–Trinajstić information content (AvgIpc) is 2.87. The van der Waals surface area contributed by atoms with Crippen molar-refractivity contribution in [3.8, 4) is 0 Å². The molecule has 0 aliphatic rings. The van der Waals surface area contributed by atoms with E-state index in [-0.39, 0.29) is 38.2 Å². The molecule has 216 valence electrons. The summed E-state index contributed by atoms with van der Waals surface area (Å²) in [5.74, 6) is -4.08. The van der Waals surface area contributed by atoms with E-state index < -0.39 is 60.2 Å². The monoisotopic (exact) mass is 566 g/mol. The number of guanidine groups is 1. The number of aliphatic carboxylic acids is 1. The lowest BCUT2D eigenvalue weighted by molar-refractivity contribution is -0.143. The molecule has 14 nitrogen and oxygen atoms in total. The van der Waals surface area contributed by atoms with Crippen molar-refractivity contribution in [2.45, 2.75) is 56.3 Å². The Morgan fingerprint density at radius 1 is 0.897 bits per heavy atom. The van der Waals surface area contributed by atoms with E-state index in [0.29, 0.717) is 5.75 Å². The van der Waals surface area contributed by atoms with E-state index in [9.17, 15) is 29.1 Å². The predicted octanol–water partition coefficient (Wildman–Crippen LogP) is -2.22. The number of rotatable bonds is 18. The van der Waals surface area contributed by atoms with Gasteiger partial charge in [0, 0.05) is 6.54 Å². The average molecular weight is 567 g/mol. The first kappa shape index (κ1) is 33.2. The minimum Gasteiger partial charge on any atom is -0.480 e. The molecule has 39 heavy (non-hydrogen) atoms. The third kappa shape index (κ3) is 13.5. The lowest BCUT2D eigenvalue weighted by Crippen LogP contribution is -2.57. The number of thioether (sulfide) groups is 1. The molecule has 0 spiro atoms. The van der Waals surface area contributed by atoms with Crippen molar-refractivity contribution in [3.63, 3.8) is 0 Å². The van der Waals surface area contributed by atoms with Crippen molar-refractivity contribution in [2.75, 3.05) is 18.6 Å². The van der Waals surface area contributed by atoms with Gasteiger partial charge in [0.15, 0.2) is 5.96 Å². The van der Waals surface area contributed by atoms with E-state index in [4.69, 9.17) is 22.9 Å². The minimum absolute atomic E-state index is 0.0357. The second-order valence-corrected chi connectivity index (χ2v) is 9.70. The molecule has 0 fully saturated rings. The highest BCUT2D eigenvalue weighted by Crippen LogP contribution is 2.07. The zero-order valence-electron chi connectivity index (χ0n) is 21.8. The molecule has 1 aromatic carbocycles. The van der Waals surface area contributed by atoms with Gasteiger partial charge in [-0.1, -0.05) is 30.3 Å². The number of aliphatic imine (C=N–C) groups is 1. The van der Waals surface area contributed by atoms with Gasteiger partial charge in [0.2, 0.25) is 23.6 Å². The van der Waals surface area contributed by atoms with Crippen LogP contribution in [-0.2, 0) is 30.4 Å². The van der Waals surface area contributed by atoms with E-state index >= 15 is 0 Å². The summed E-state index contributed by atoms with van der Waals surface area (Å²) in [5, 5.41) is 16.8. The number of carboxylic acid groups (broad SMARTS) is 1. The van der Waals surface area contributed by atoms with E-state index in [2.05, 4.69) is 20.9 Å². The normalized spacial score (nSPS) is 13.7.